The molecule has 1 aliphatic heterocycles. The van der Waals surface area contributed by atoms with Crippen molar-refractivity contribution >= 4 is 18.1 Å². The molecule has 21 heavy (non-hydrogen) atoms. The van der Waals surface area contributed by atoms with Crippen LogP contribution >= 0.6 is 0 Å². The van der Waals surface area contributed by atoms with Crippen LogP contribution in [0, 0.1) is 0 Å². The fourth-order valence-electron chi connectivity index (χ4n) is 2.25. The average molecular weight is 278 g/mol. The monoisotopic (exact) mass is 278 g/mol. The van der Waals surface area contributed by atoms with Crippen molar-refractivity contribution in [3.8, 4) is 0 Å². The molecule has 0 aliphatic carbocycles. The Balaban J connectivity index is 1.89. The Morgan fingerprint density at radius 2 is 1.81 bits per heavy atom. The van der Waals surface area contributed by atoms with E-state index in [9.17, 15) is 9.59 Å². The highest BCUT2D eigenvalue weighted by molar-refractivity contribution is 6.10. The van der Waals surface area contributed by atoms with Gasteiger partial charge in [0.15, 0.2) is 5.78 Å². The number of hydrogen-bond acceptors (Lipinski definition) is 3. The van der Waals surface area contributed by atoms with Gasteiger partial charge in [-0.2, -0.15) is 0 Å². The molecule has 0 radical (unpaired) electrons. The summed E-state index contributed by atoms with van der Waals surface area (Å²) in [6.07, 6.45) is 1.84. The fourth-order valence-corrected chi connectivity index (χ4v) is 2.25. The number of carbonyl (C=O) groups is 2. The molecule has 4 nitrogen and oxygen atoms in total. The van der Waals surface area contributed by atoms with Crippen LogP contribution in [0.5, 0.6) is 0 Å². The lowest BCUT2D eigenvalue weighted by Crippen LogP contribution is -2.20. The third-order valence-electron chi connectivity index (χ3n) is 3.33. The van der Waals surface area contributed by atoms with Crippen molar-refractivity contribution in [3.63, 3.8) is 0 Å². The van der Waals surface area contributed by atoms with Gasteiger partial charge in [0.1, 0.15) is 5.91 Å². The maximum absolute atomic E-state index is 12.6. The second kappa shape index (κ2) is 5.71. The van der Waals surface area contributed by atoms with Gasteiger partial charge in [0.2, 0.25) is 0 Å². The van der Waals surface area contributed by atoms with Gasteiger partial charge in [-0.15, -0.1) is 0 Å². The molecule has 1 unspecified atom stereocenters. The SMILES string of the molecule is O=C(c1ccccc1)c1ccccc1CC1O[C-]=NC1=O. The number of ether oxygens (including phenoxy) is 1. The number of rotatable bonds is 4. The quantitative estimate of drug-likeness (QED) is 0.637. The number of ketones is 1. The third-order valence-corrected chi connectivity index (χ3v) is 3.33. The first-order chi connectivity index (χ1) is 10.3. The Labute approximate surface area is 122 Å². The maximum atomic E-state index is 12.6. The van der Waals surface area contributed by atoms with Crippen molar-refractivity contribution in [2.45, 2.75) is 12.5 Å². The van der Waals surface area contributed by atoms with Gasteiger partial charge in [-0.3, -0.25) is 4.79 Å². The number of hydrogen-bond donors (Lipinski definition) is 0. The second-order valence-corrected chi connectivity index (χ2v) is 4.70. The van der Waals surface area contributed by atoms with E-state index in [1.165, 1.54) is 0 Å². The molecule has 0 bridgehead atoms. The van der Waals surface area contributed by atoms with Crippen LogP contribution in [-0.2, 0) is 16.0 Å². The van der Waals surface area contributed by atoms with Gasteiger partial charge >= 0.3 is 0 Å². The van der Waals surface area contributed by atoms with Gasteiger partial charge in [-0.25, -0.2) is 0 Å². The van der Waals surface area contributed by atoms with Crippen molar-refractivity contribution in [2.75, 3.05) is 0 Å². The van der Waals surface area contributed by atoms with Crippen molar-refractivity contribution in [2.24, 2.45) is 4.99 Å². The molecule has 1 amide bonds. The maximum Gasteiger partial charge on any atom is 0.193 e. The zero-order chi connectivity index (χ0) is 14.7. The highest BCUT2D eigenvalue weighted by Gasteiger charge is 2.19. The van der Waals surface area contributed by atoms with E-state index in [4.69, 9.17) is 4.74 Å². The molecule has 1 heterocycles. The van der Waals surface area contributed by atoms with Crippen molar-refractivity contribution in [3.05, 3.63) is 71.3 Å². The van der Waals surface area contributed by atoms with Crippen LogP contribution in [0.25, 0.3) is 0 Å². The molecule has 0 saturated carbocycles. The van der Waals surface area contributed by atoms with Crippen LogP contribution in [0.15, 0.2) is 59.6 Å². The highest BCUT2D eigenvalue weighted by atomic mass is 16.5. The zero-order valence-corrected chi connectivity index (χ0v) is 11.2. The first kappa shape index (κ1) is 13.2. The molecule has 0 aromatic heterocycles. The van der Waals surface area contributed by atoms with Crippen LogP contribution < -0.4 is 0 Å². The predicted molar refractivity (Wildman–Crippen MR) is 77.3 cm³/mol. The number of nitrogens with zero attached hydrogens (tertiary/aromatic N) is 1. The number of carbonyl (C=O) groups excluding carboxylic acids is 2. The third kappa shape index (κ3) is 2.74. The summed E-state index contributed by atoms with van der Waals surface area (Å²) in [6.45, 7) is 0. The predicted octanol–water partition coefficient (Wildman–Crippen LogP) is 2.29. The van der Waals surface area contributed by atoms with E-state index in [2.05, 4.69) is 11.4 Å². The first-order valence-electron chi connectivity index (χ1n) is 6.58. The summed E-state index contributed by atoms with van der Waals surface area (Å²) in [7, 11) is 0. The Kier molecular flexibility index (Phi) is 3.60. The van der Waals surface area contributed by atoms with E-state index in [0.29, 0.717) is 17.5 Å². The first-order valence-corrected chi connectivity index (χ1v) is 6.58. The molecule has 4 heteroatoms. The van der Waals surface area contributed by atoms with Gasteiger partial charge in [-0.05, 0) is 5.56 Å². The minimum atomic E-state index is -0.685. The van der Waals surface area contributed by atoms with Gasteiger partial charge in [0.25, 0.3) is 0 Å². The van der Waals surface area contributed by atoms with E-state index in [1.54, 1.807) is 24.3 Å². The van der Waals surface area contributed by atoms with Crippen molar-refractivity contribution in [1.29, 1.82) is 0 Å². The Bertz CT molecular complexity index is 707. The molecule has 3 rings (SSSR count). The second-order valence-electron chi connectivity index (χ2n) is 4.70. The molecule has 104 valence electrons. The number of benzene rings is 2. The van der Waals surface area contributed by atoms with Crippen LogP contribution in [0.2, 0.25) is 0 Å². The lowest BCUT2D eigenvalue weighted by molar-refractivity contribution is -0.122. The van der Waals surface area contributed by atoms with Crippen LogP contribution in [0.4, 0.5) is 0 Å². The molecule has 0 N–H and O–H groups in total. The highest BCUT2D eigenvalue weighted by Crippen LogP contribution is 2.18. The molecule has 0 saturated heterocycles. The van der Waals surface area contributed by atoms with Crippen LogP contribution in [-0.4, -0.2) is 24.2 Å². The molecular weight excluding hydrogens is 266 g/mol. The van der Waals surface area contributed by atoms with E-state index in [0.717, 1.165) is 5.56 Å². The Hall–Kier alpha value is -2.75. The van der Waals surface area contributed by atoms with E-state index in [1.807, 2.05) is 30.3 Å². The van der Waals surface area contributed by atoms with Crippen molar-refractivity contribution in [1.82, 2.24) is 0 Å². The molecule has 1 atom stereocenters. The summed E-state index contributed by atoms with van der Waals surface area (Å²) in [5, 5.41) is 0. The van der Waals surface area contributed by atoms with Gasteiger partial charge in [0.05, 0.1) is 6.10 Å². The number of amides is 1. The molecule has 1 aliphatic rings. The smallest absolute Gasteiger partial charge is 0.193 e. The number of aliphatic imine (C=N–C) groups is 1. The standard InChI is InChI=1S/C17H12NO3/c19-16(12-6-2-1-3-7-12)14-9-5-4-8-13(14)10-15-17(20)18-11-21-15/h1-9,15H,10H2/q-1. The van der Waals surface area contributed by atoms with Gasteiger partial charge in [-0.1, -0.05) is 54.6 Å². The molecular formula is C17H12NO3-. The summed E-state index contributed by atoms with van der Waals surface area (Å²) in [5.41, 5.74) is 1.96. The molecule has 2 aromatic rings. The molecule has 2 aromatic carbocycles. The fraction of sp³-hybridized carbons (Fsp3) is 0.118. The summed E-state index contributed by atoms with van der Waals surface area (Å²) in [5.74, 6) is -0.432. The van der Waals surface area contributed by atoms with E-state index >= 15 is 0 Å². The summed E-state index contributed by atoms with van der Waals surface area (Å²) >= 11 is 0. The van der Waals surface area contributed by atoms with E-state index in [-0.39, 0.29) is 11.7 Å². The summed E-state index contributed by atoms with van der Waals surface area (Å²) < 4.78 is 5.03. The normalized spacial score (nSPS) is 16.8. The minimum Gasteiger partial charge on any atom is -0.577 e. The lowest BCUT2D eigenvalue weighted by Gasteiger charge is -2.16. The average Bonchev–Trinajstić information content (AvgIpc) is 2.93. The summed E-state index contributed by atoms with van der Waals surface area (Å²) in [4.78, 5) is 27.5. The van der Waals surface area contributed by atoms with Crippen LogP contribution in [0.3, 0.4) is 0 Å². The van der Waals surface area contributed by atoms with Gasteiger partial charge in [0, 0.05) is 23.9 Å². The molecule has 0 fully saturated rings. The van der Waals surface area contributed by atoms with Gasteiger partial charge < -0.3 is 14.5 Å². The zero-order valence-electron chi connectivity index (χ0n) is 11.2. The van der Waals surface area contributed by atoms with Crippen molar-refractivity contribution < 1.29 is 14.3 Å². The topological polar surface area (TPSA) is 55.7 Å². The Morgan fingerprint density at radius 1 is 1.10 bits per heavy atom. The Morgan fingerprint density at radius 3 is 2.52 bits per heavy atom. The van der Waals surface area contributed by atoms with Crippen LogP contribution in [0.1, 0.15) is 21.5 Å². The van der Waals surface area contributed by atoms with E-state index < -0.39 is 6.10 Å². The summed E-state index contributed by atoms with van der Waals surface area (Å²) in [6, 6.07) is 16.3. The lowest BCUT2D eigenvalue weighted by atomic mass is 9.95. The minimum absolute atomic E-state index is 0.0680. The largest absolute Gasteiger partial charge is 0.577 e. The molecule has 0 spiro atoms.